The topological polar surface area (TPSA) is 60.9 Å². The lowest BCUT2D eigenvalue weighted by Gasteiger charge is -2.33. The lowest BCUT2D eigenvalue weighted by atomic mass is 10.2. The van der Waals surface area contributed by atoms with Gasteiger partial charge in [-0.05, 0) is 33.1 Å². The van der Waals surface area contributed by atoms with E-state index in [1.54, 1.807) is 4.90 Å². The van der Waals surface area contributed by atoms with Gasteiger partial charge in [-0.15, -0.1) is 0 Å². The number of carbonyl (C=O) groups is 2. The average Bonchev–Trinajstić information content (AvgIpc) is 2.70. The van der Waals surface area contributed by atoms with Crippen LogP contribution >= 0.6 is 0 Å². The van der Waals surface area contributed by atoms with Gasteiger partial charge in [0.05, 0.1) is 0 Å². The normalized spacial score (nSPS) is 21.4. The van der Waals surface area contributed by atoms with Crippen LogP contribution in [0.2, 0.25) is 0 Å². The Bertz CT molecular complexity index is 293. The zero-order valence-electron chi connectivity index (χ0n) is 10.8. The van der Waals surface area contributed by atoms with E-state index in [4.69, 9.17) is 5.11 Å². The molecule has 1 fully saturated rings. The van der Waals surface area contributed by atoms with E-state index in [1.807, 2.05) is 20.8 Å². The van der Waals surface area contributed by atoms with Crippen LogP contribution in [0.4, 0.5) is 4.79 Å². The predicted molar refractivity (Wildman–Crippen MR) is 64.9 cm³/mol. The number of carboxylic acid groups (broad SMARTS) is 1. The Kier molecular flexibility index (Phi) is 4.78. The monoisotopic (exact) mass is 242 g/mol. The molecule has 2 amide bonds. The summed E-state index contributed by atoms with van der Waals surface area (Å²) in [6.45, 7) is 6.39. The number of amides is 2. The zero-order chi connectivity index (χ0) is 13.0. The van der Waals surface area contributed by atoms with Crippen molar-refractivity contribution in [2.45, 2.75) is 52.1 Å². The Morgan fingerprint density at radius 2 is 2.18 bits per heavy atom. The number of carboxylic acids is 1. The molecule has 0 aliphatic carbocycles. The molecule has 1 N–H and O–H groups in total. The van der Waals surface area contributed by atoms with E-state index < -0.39 is 5.97 Å². The van der Waals surface area contributed by atoms with Crippen molar-refractivity contribution in [1.29, 1.82) is 0 Å². The minimum atomic E-state index is -0.953. The fourth-order valence-electron chi connectivity index (χ4n) is 2.16. The summed E-state index contributed by atoms with van der Waals surface area (Å²) in [6.07, 6.45) is 2.78. The van der Waals surface area contributed by atoms with E-state index in [0.29, 0.717) is 0 Å². The highest BCUT2D eigenvalue weighted by Gasteiger charge is 2.31. The summed E-state index contributed by atoms with van der Waals surface area (Å²) < 4.78 is 0. The summed E-state index contributed by atoms with van der Waals surface area (Å²) in [6, 6.07) is 0.0565. The molecule has 2 atom stereocenters. The van der Waals surface area contributed by atoms with Gasteiger partial charge >= 0.3 is 12.0 Å². The van der Waals surface area contributed by atoms with Gasteiger partial charge in [0.25, 0.3) is 0 Å². The minimum Gasteiger partial charge on any atom is -0.480 e. The van der Waals surface area contributed by atoms with Gasteiger partial charge in [0.1, 0.15) is 6.54 Å². The number of likely N-dealkylation sites (tertiary alicyclic amines) is 1. The van der Waals surface area contributed by atoms with Crippen LogP contribution in [0.3, 0.4) is 0 Å². The summed E-state index contributed by atoms with van der Waals surface area (Å²) in [5.74, 6) is -0.953. The molecule has 98 valence electrons. The molecule has 0 bridgehead atoms. The first-order valence-corrected chi connectivity index (χ1v) is 6.26. The average molecular weight is 242 g/mol. The second-order valence-corrected chi connectivity index (χ2v) is 4.75. The van der Waals surface area contributed by atoms with Crippen LogP contribution in [0.5, 0.6) is 0 Å². The van der Waals surface area contributed by atoms with Crippen molar-refractivity contribution in [3.63, 3.8) is 0 Å². The first kappa shape index (κ1) is 13.8. The number of carbonyl (C=O) groups excluding carboxylic acids is 1. The van der Waals surface area contributed by atoms with E-state index in [9.17, 15) is 9.59 Å². The molecule has 0 spiro atoms. The number of rotatable bonds is 4. The molecule has 0 saturated carbocycles. The summed E-state index contributed by atoms with van der Waals surface area (Å²) in [5, 5.41) is 8.87. The minimum absolute atomic E-state index is 0.0357. The molecule has 0 aromatic rings. The summed E-state index contributed by atoms with van der Waals surface area (Å²) in [5.41, 5.74) is 0. The Labute approximate surface area is 102 Å². The Balaban J connectivity index is 2.74. The maximum absolute atomic E-state index is 12.3. The van der Waals surface area contributed by atoms with Crippen LogP contribution in [0.15, 0.2) is 0 Å². The Morgan fingerprint density at radius 1 is 1.53 bits per heavy atom. The molecular formula is C12H22N2O3. The van der Waals surface area contributed by atoms with E-state index in [0.717, 1.165) is 25.8 Å². The molecular weight excluding hydrogens is 220 g/mol. The van der Waals surface area contributed by atoms with Gasteiger partial charge in [0, 0.05) is 18.6 Å². The van der Waals surface area contributed by atoms with Crippen LogP contribution in [0.25, 0.3) is 0 Å². The third-order valence-electron chi connectivity index (χ3n) is 3.47. The number of urea groups is 1. The van der Waals surface area contributed by atoms with Crippen molar-refractivity contribution in [2.75, 3.05) is 13.1 Å². The molecule has 1 heterocycles. The SMILES string of the molecule is CCC(C)N(CC(=O)O)C(=O)N1CCCC1C. The molecule has 5 nitrogen and oxygen atoms in total. The van der Waals surface area contributed by atoms with Gasteiger partial charge in [-0.3, -0.25) is 4.79 Å². The third kappa shape index (κ3) is 3.35. The second-order valence-electron chi connectivity index (χ2n) is 4.75. The summed E-state index contributed by atoms with van der Waals surface area (Å²) in [4.78, 5) is 26.3. The number of nitrogens with zero attached hydrogens (tertiary/aromatic N) is 2. The lowest BCUT2D eigenvalue weighted by molar-refractivity contribution is -0.138. The summed E-state index contributed by atoms with van der Waals surface area (Å²) >= 11 is 0. The second kappa shape index (κ2) is 5.89. The van der Waals surface area contributed by atoms with Crippen LogP contribution in [-0.2, 0) is 4.79 Å². The van der Waals surface area contributed by atoms with Crippen LogP contribution in [0.1, 0.15) is 40.0 Å². The molecule has 0 aromatic heterocycles. The highest BCUT2D eigenvalue weighted by Crippen LogP contribution is 2.19. The number of aliphatic carboxylic acids is 1. The molecule has 1 aliphatic heterocycles. The van der Waals surface area contributed by atoms with Gasteiger partial charge in [-0.1, -0.05) is 6.92 Å². The largest absolute Gasteiger partial charge is 0.480 e. The fourth-order valence-corrected chi connectivity index (χ4v) is 2.16. The van der Waals surface area contributed by atoms with Gasteiger partial charge in [0.2, 0.25) is 0 Å². The first-order chi connectivity index (χ1) is 7.97. The molecule has 1 aliphatic rings. The maximum Gasteiger partial charge on any atom is 0.323 e. The molecule has 17 heavy (non-hydrogen) atoms. The van der Waals surface area contributed by atoms with Crippen molar-refractivity contribution in [2.24, 2.45) is 0 Å². The molecule has 0 radical (unpaired) electrons. The lowest BCUT2D eigenvalue weighted by Crippen LogP contribution is -2.50. The highest BCUT2D eigenvalue weighted by atomic mass is 16.4. The highest BCUT2D eigenvalue weighted by molar-refractivity contribution is 5.80. The van der Waals surface area contributed by atoms with Crippen LogP contribution in [0, 0.1) is 0 Å². The molecule has 0 aromatic carbocycles. The molecule has 1 rings (SSSR count). The zero-order valence-corrected chi connectivity index (χ0v) is 10.8. The van der Waals surface area contributed by atoms with E-state index in [-0.39, 0.29) is 24.7 Å². The van der Waals surface area contributed by atoms with E-state index in [2.05, 4.69) is 0 Å². The van der Waals surface area contributed by atoms with Crippen LogP contribution in [-0.4, -0.2) is 52.1 Å². The smallest absolute Gasteiger partial charge is 0.323 e. The predicted octanol–water partition coefficient (Wildman–Crippen LogP) is 1.78. The van der Waals surface area contributed by atoms with Gasteiger partial charge in [-0.2, -0.15) is 0 Å². The van der Waals surface area contributed by atoms with E-state index >= 15 is 0 Å². The Morgan fingerprint density at radius 3 is 2.59 bits per heavy atom. The quantitative estimate of drug-likeness (QED) is 0.817. The van der Waals surface area contributed by atoms with Gasteiger partial charge in [0.15, 0.2) is 0 Å². The van der Waals surface area contributed by atoms with E-state index in [1.165, 1.54) is 4.90 Å². The van der Waals surface area contributed by atoms with Crippen molar-refractivity contribution in [3.8, 4) is 0 Å². The molecule has 2 unspecified atom stereocenters. The Hall–Kier alpha value is -1.26. The van der Waals surface area contributed by atoms with Crippen LogP contribution < -0.4 is 0 Å². The van der Waals surface area contributed by atoms with Crippen molar-refractivity contribution in [3.05, 3.63) is 0 Å². The maximum atomic E-state index is 12.3. The standard InChI is InChI=1S/C12H22N2O3/c1-4-9(2)14(8-11(15)16)12(17)13-7-5-6-10(13)3/h9-10H,4-8H2,1-3H3,(H,15,16). The van der Waals surface area contributed by atoms with Gasteiger partial charge < -0.3 is 14.9 Å². The van der Waals surface area contributed by atoms with Gasteiger partial charge in [-0.25, -0.2) is 4.79 Å². The number of hydrogen-bond donors (Lipinski definition) is 1. The van der Waals surface area contributed by atoms with Crippen molar-refractivity contribution >= 4 is 12.0 Å². The third-order valence-corrected chi connectivity index (χ3v) is 3.47. The molecule has 1 saturated heterocycles. The first-order valence-electron chi connectivity index (χ1n) is 6.26. The molecule has 5 heteroatoms. The fraction of sp³-hybridized carbons (Fsp3) is 0.833. The van der Waals surface area contributed by atoms with Crippen molar-refractivity contribution < 1.29 is 14.7 Å². The summed E-state index contributed by atoms with van der Waals surface area (Å²) in [7, 11) is 0. The number of hydrogen-bond acceptors (Lipinski definition) is 2. The van der Waals surface area contributed by atoms with Crippen molar-refractivity contribution in [1.82, 2.24) is 9.80 Å².